The van der Waals surface area contributed by atoms with Crippen LogP contribution in [0.25, 0.3) is 0 Å². The molecule has 5 nitrogen and oxygen atoms in total. The van der Waals surface area contributed by atoms with E-state index >= 15 is 0 Å². The lowest BCUT2D eigenvalue weighted by Gasteiger charge is -2.36. The molecule has 0 spiro atoms. The summed E-state index contributed by atoms with van der Waals surface area (Å²) in [5.74, 6) is 0.836. The Morgan fingerprint density at radius 3 is 2.48 bits per heavy atom. The summed E-state index contributed by atoms with van der Waals surface area (Å²) in [5.41, 5.74) is 2.34. The summed E-state index contributed by atoms with van der Waals surface area (Å²) in [7, 11) is 0. The molecule has 0 aliphatic carbocycles. The summed E-state index contributed by atoms with van der Waals surface area (Å²) in [6, 6.07) is 18.7. The number of rotatable bonds is 10. The summed E-state index contributed by atoms with van der Waals surface area (Å²) in [6.07, 6.45) is -0.551. The monoisotopic (exact) mass is 398 g/mol. The predicted octanol–water partition coefficient (Wildman–Crippen LogP) is 2.96. The van der Waals surface area contributed by atoms with E-state index < -0.39 is 6.10 Å². The lowest BCUT2D eigenvalue weighted by atomic mass is 10.1. The van der Waals surface area contributed by atoms with Crippen LogP contribution in [0.3, 0.4) is 0 Å². The quantitative estimate of drug-likeness (QED) is 0.667. The molecule has 1 saturated heterocycles. The Balaban J connectivity index is 1.59. The first-order chi connectivity index (χ1) is 14.1. The van der Waals surface area contributed by atoms with Crippen molar-refractivity contribution in [1.82, 2.24) is 9.80 Å². The van der Waals surface area contributed by atoms with E-state index in [0.29, 0.717) is 19.2 Å². The van der Waals surface area contributed by atoms with Gasteiger partial charge in [0.15, 0.2) is 0 Å². The normalized spacial score (nSPS) is 17.2. The first-order valence-electron chi connectivity index (χ1n) is 10.6. The molecule has 2 unspecified atom stereocenters. The highest BCUT2D eigenvalue weighted by Crippen LogP contribution is 2.17. The second kappa shape index (κ2) is 11.3. The average Bonchev–Trinajstić information content (AvgIpc) is 2.74. The van der Waals surface area contributed by atoms with Crippen molar-refractivity contribution in [2.24, 2.45) is 0 Å². The van der Waals surface area contributed by atoms with Crippen molar-refractivity contribution >= 4 is 0 Å². The van der Waals surface area contributed by atoms with Crippen molar-refractivity contribution in [3.8, 4) is 5.75 Å². The van der Waals surface area contributed by atoms with Crippen molar-refractivity contribution in [2.75, 3.05) is 46.0 Å². The number of para-hydroxylation sites is 1. The van der Waals surface area contributed by atoms with E-state index in [1.807, 2.05) is 37.3 Å². The first-order valence-corrected chi connectivity index (χ1v) is 10.6. The fourth-order valence-electron chi connectivity index (χ4n) is 3.72. The molecule has 2 atom stereocenters. The molecular weight excluding hydrogens is 364 g/mol. The highest BCUT2D eigenvalue weighted by atomic mass is 16.5. The molecule has 0 radical (unpaired) electrons. The van der Waals surface area contributed by atoms with Crippen LogP contribution in [0.15, 0.2) is 54.6 Å². The van der Waals surface area contributed by atoms with Gasteiger partial charge in [-0.3, -0.25) is 9.80 Å². The minimum Gasteiger partial charge on any atom is -0.491 e. The molecular formula is C24H34N2O3. The van der Waals surface area contributed by atoms with E-state index in [1.54, 1.807) is 0 Å². The molecule has 29 heavy (non-hydrogen) atoms. The lowest BCUT2D eigenvalue weighted by molar-refractivity contribution is 0.0109. The van der Waals surface area contributed by atoms with E-state index in [4.69, 9.17) is 9.47 Å². The van der Waals surface area contributed by atoms with E-state index in [1.165, 1.54) is 5.56 Å². The third-order valence-electron chi connectivity index (χ3n) is 5.45. The third-order valence-corrected chi connectivity index (χ3v) is 5.45. The Labute approximate surface area is 174 Å². The van der Waals surface area contributed by atoms with E-state index in [-0.39, 0.29) is 0 Å². The van der Waals surface area contributed by atoms with E-state index in [2.05, 4.69) is 41.0 Å². The summed E-state index contributed by atoms with van der Waals surface area (Å²) < 4.78 is 11.3. The molecule has 0 bridgehead atoms. The van der Waals surface area contributed by atoms with Gasteiger partial charge in [0.2, 0.25) is 0 Å². The Bertz CT molecular complexity index is 719. The van der Waals surface area contributed by atoms with Crippen molar-refractivity contribution in [3.63, 3.8) is 0 Å². The van der Waals surface area contributed by atoms with Crippen LogP contribution in [0.4, 0.5) is 0 Å². The number of benzene rings is 2. The number of ether oxygens (including phenoxy) is 2. The van der Waals surface area contributed by atoms with Gasteiger partial charge in [0.05, 0.1) is 13.2 Å². The average molecular weight is 399 g/mol. The SMILES string of the molecule is Cc1ccccc1OCC(O)CN(Cc1ccccc1)C(C)CN1CCOCC1. The summed E-state index contributed by atoms with van der Waals surface area (Å²) >= 11 is 0. The van der Waals surface area contributed by atoms with Crippen LogP contribution in [0.5, 0.6) is 5.75 Å². The number of aliphatic hydroxyl groups excluding tert-OH is 1. The van der Waals surface area contributed by atoms with Crippen LogP contribution in [0.1, 0.15) is 18.1 Å². The zero-order valence-electron chi connectivity index (χ0n) is 17.7. The molecule has 0 amide bonds. The molecule has 5 heteroatoms. The maximum Gasteiger partial charge on any atom is 0.122 e. The summed E-state index contributed by atoms with van der Waals surface area (Å²) in [5, 5.41) is 10.7. The van der Waals surface area contributed by atoms with Crippen molar-refractivity contribution in [3.05, 3.63) is 65.7 Å². The number of nitrogens with zero attached hydrogens (tertiary/aromatic N) is 2. The zero-order chi connectivity index (χ0) is 20.5. The van der Waals surface area contributed by atoms with Crippen LogP contribution in [0.2, 0.25) is 0 Å². The smallest absolute Gasteiger partial charge is 0.122 e. The molecule has 158 valence electrons. The molecule has 1 aliphatic heterocycles. The summed E-state index contributed by atoms with van der Waals surface area (Å²) in [4.78, 5) is 4.80. The molecule has 1 fully saturated rings. The fourth-order valence-corrected chi connectivity index (χ4v) is 3.72. The number of aliphatic hydroxyl groups is 1. The third kappa shape index (κ3) is 7.12. The Kier molecular flexibility index (Phi) is 8.50. The lowest BCUT2D eigenvalue weighted by Crippen LogP contribution is -2.48. The highest BCUT2D eigenvalue weighted by molar-refractivity contribution is 5.31. The van der Waals surface area contributed by atoms with Crippen LogP contribution in [-0.4, -0.2) is 73.1 Å². The molecule has 0 saturated carbocycles. The Morgan fingerprint density at radius 1 is 1.07 bits per heavy atom. The maximum atomic E-state index is 10.7. The van der Waals surface area contributed by atoms with Crippen LogP contribution in [-0.2, 0) is 11.3 Å². The summed E-state index contributed by atoms with van der Waals surface area (Å²) in [6.45, 7) is 10.5. The first kappa shape index (κ1) is 21.8. The number of aryl methyl sites for hydroxylation is 1. The van der Waals surface area contributed by atoms with Gasteiger partial charge in [0.25, 0.3) is 0 Å². The van der Waals surface area contributed by atoms with Gasteiger partial charge in [-0.15, -0.1) is 0 Å². The van der Waals surface area contributed by atoms with Crippen molar-refractivity contribution in [2.45, 2.75) is 32.5 Å². The molecule has 2 aromatic carbocycles. The van der Waals surface area contributed by atoms with Gasteiger partial charge in [-0.1, -0.05) is 48.5 Å². The maximum absolute atomic E-state index is 10.7. The molecule has 1 N–H and O–H groups in total. The molecule has 3 rings (SSSR count). The van der Waals surface area contributed by atoms with Crippen LogP contribution < -0.4 is 4.74 Å². The van der Waals surface area contributed by atoms with Crippen molar-refractivity contribution < 1.29 is 14.6 Å². The molecule has 0 aromatic heterocycles. The predicted molar refractivity (Wildman–Crippen MR) is 116 cm³/mol. The number of morpholine rings is 1. The van der Waals surface area contributed by atoms with Gasteiger partial charge in [0, 0.05) is 38.8 Å². The fraction of sp³-hybridized carbons (Fsp3) is 0.500. The standard InChI is InChI=1S/C24H34N2O3/c1-20-8-6-7-11-24(20)29-19-23(27)18-26(17-22-9-4-3-5-10-22)21(2)16-25-12-14-28-15-13-25/h3-11,21,23,27H,12-19H2,1-2H3. The van der Waals surface area contributed by atoms with E-state index in [9.17, 15) is 5.11 Å². The van der Waals surface area contributed by atoms with Crippen LogP contribution >= 0.6 is 0 Å². The largest absolute Gasteiger partial charge is 0.491 e. The number of hydrogen-bond acceptors (Lipinski definition) is 5. The number of hydrogen-bond donors (Lipinski definition) is 1. The topological polar surface area (TPSA) is 45.2 Å². The van der Waals surface area contributed by atoms with Gasteiger partial charge in [-0.05, 0) is 31.0 Å². The van der Waals surface area contributed by atoms with Gasteiger partial charge in [-0.2, -0.15) is 0 Å². The van der Waals surface area contributed by atoms with Gasteiger partial charge in [-0.25, -0.2) is 0 Å². The zero-order valence-corrected chi connectivity index (χ0v) is 17.7. The van der Waals surface area contributed by atoms with Gasteiger partial charge in [0.1, 0.15) is 18.5 Å². The Morgan fingerprint density at radius 2 is 1.76 bits per heavy atom. The molecule has 2 aromatic rings. The second-order valence-electron chi connectivity index (χ2n) is 7.91. The minimum atomic E-state index is -0.551. The van der Waals surface area contributed by atoms with Crippen molar-refractivity contribution in [1.29, 1.82) is 0 Å². The minimum absolute atomic E-state index is 0.292. The van der Waals surface area contributed by atoms with Crippen LogP contribution in [0, 0.1) is 6.92 Å². The van der Waals surface area contributed by atoms with E-state index in [0.717, 1.165) is 50.7 Å². The molecule has 1 heterocycles. The van der Waals surface area contributed by atoms with Gasteiger partial charge >= 0.3 is 0 Å². The second-order valence-corrected chi connectivity index (χ2v) is 7.91. The highest BCUT2D eigenvalue weighted by Gasteiger charge is 2.22. The Hall–Kier alpha value is -1.92. The molecule has 1 aliphatic rings. The van der Waals surface area contributed by atoms with Gasteiger partial charge < -0.3 is 14.6 Å².